The Hall–Kier alpha value is -3.86. The van der Waals surface area contributed by atoms with E-state index < -0.39 is 27.0 Å². The first-order valence-corrected chi connectivity index (χ1v) is 13.0. The molecule has 8 nitrogen and oxygen atoms in total. The first-order chi connectivity index (χ1) is 16.9. The molecule has 1 aromatic carbocycles. The summed E-state index contributed by atoms with van der Waals surface area (Å²) in [7, 11) is -3.00. The molecule has 0 saturated heterocycles. The summed E-state index contributed by atoms with van der Waals surface area (Å²) in [5, 5.41) is 0.103. The van der Waals surface area contributed by atoms with E-state index in [0.717, 1.165) is 0 Å². The van der Waals surface area contributed by atoms with Gasteiger partial charge in [-0.3, -0.25) is 9.69 Å². The quantitative estimate of drug-likeness (QED) is 0.427. The molecule has 0 fully saturated rings. The van der Waals surface area contributed by atoms with Crippen LogP contribution in [0.25, 0.3) is 16.8 Å². The van der Waals surface area contributed by atoms with Crippen LogP contribution in [-0.2, 0) is 21.1 Å². The third kappa shape index (κ3) is 3.89. The first-order valence-electron chi connectivity index (χ1n) is 11.0. The Morgan fingerprint density at radius 2 is 1.92 bits per heavy atom. The van der Waals surface area contributed by atoms with Gasteiger partial charge >= 0.3 is 0 Å². The molecule has 0 spiro atoms. The van der Waals surface area contributed by atoms with Gasteiger partial charge in [-0.1, -0.05) is 6.07 Å². The third-order valence-corrected chi connectivity index (χ3v) is 7.16. The van der Waals surface area contributed by atoms with E-state index in [1.165, 1.54) is 41.6 Å². The Morgan fingerprint density at radius 3 is 2.58 bits per heavy atom. The summed E-state index contributed by atoms with van der Waals surface area (Å²) in [6.45, 7) is 4.96. The number of hydrogen-bond donors (Lipinski definition) is 1. The highest BCUT2D eigenvalue weighted by Gasteiger charge is 2.42. The molecule has 0 aliphatic carbocycles. The lowest BCUT2D eigenvalue weighted by atomic mass is 10.0. The predicted molar refractivity (Wildman–Crippen MR) is 130 cm³/mol. The molecule has 186 valence electrons. The molecule has 5 rings (SSSR count). The largest absolute Gasteiger partial charge is 0.473 e. The maximum absolute atomic E-state index is 15.0. The minimum atomic E-state index is -3.00. The Bertz CT molecular complexity index is 1650. The number of carbonyl (C=O) groups is 1. The average Bonchev–Trinajstić information content (AvgIpc) is 3.10. The summed E-state index contributed by atoms with van der Waals surface area (Å²) in [6.07, 6.45) is 4.19. The number of fused-ring (bicyclic) bond motifs is 2. The number of carbonyl (C=O) groups excluding carboxylic acids is 1. The van der Waals surface area contributed by atoms with Crippen molar-refractivity contribution in [1.29, 1.82) is 4.78 Å². The highest BCUT2D eigenvalue weighted by Crippen LogP contribution is 2.40. The van der Waals surface area contributed by atoms with Crippen molar-refractivity contribution >= 4 is 27.0 Å². The number of benzene rings is 1. The second-order valence-corrected chi connectivity index (χ2v) is 11.3. The SMILES string of the molecule is Cc1nc2cc(F)c(-c3ccc(S(C)(=N)=O)nc3)cn2c1CN1C(=O)C(C)(C)Oc2c(F)cccc21. The number of amides is 1. The van der Waals surface area contributed by atoms with Crippen molar-refractivity contribution in [3.8, 4) is 16.9 Å². The van der Waals surface area contributed by atoms with Crippen molar-refractivity contribution in [3.05, 3.63) is 71.8 Å². The van der Waals surface area contributed by atoms with Crippen LogP contribution in [0, 0.1) is 23.3 Å². The molecule has 1 aliphatic heterocycles. The van der Waals surface area contributed by atoms with Crippen molar-refractivity contribution in [2.75, 3.05) is 11.2 Å². The predicted octanol–water partition coefficient (Wildman–Crippen LogP) is 4.72. The van der Waals surface area contributed by atoms with Crippen LogP contribution in [0.5, 0.6) is 5.75 Å². The summed E-state index contributed by atoms with van der Waals surface area (Å²) in [6, 6.07) is 8.67. The first kappa shape index (κ1) is 23.9. The summed E-state index contributed by atoms with van der Waals surface area (Å²) >= 11 is 0. The zero-order valence-corrected chi connectivity index (χ0v) is 20.8. The number of ether oxygens (including phenoxy) is 1. The van der Waals surface area contributed by atoms with Crippen molar-refractivity contribution in [3.63, 3.8) is 0 Å². The molecule has 4 heterocycles. The van der Waals surface area contributed by atoms with Crippen LogP contribution in [0.3, 0.4) is 0 Å². The monoisotopic (exact) mass is 511 g/mol. The minimum Gasteiger partial charge on any atom is -0.473 e. The van der Waals surface area contributed by atoms with Gasteiger partial charge in [-0.05, 0) is 45.0 Å². The molecule has 1 atom stereocenters. The zero-order valence-electron chi connectivity index (χ0n) is 20.0. The Balaban J connectivity index is 1.62. The lowest BCUT2D eigenvalue weighted by Crippen LogP contribution is -2.52. The maximum Gasteiger partial charge on any atom is 0.271 e. The van der Waals surface area contributed by atoms with Crippen LogP contribution < -0.4 is 9.64 Å². The van der Waals surface area contributed by atoms with Gasteiger partial charge in [0.2, 0.25) is 0 Å². The van der Waals surface area contributed by atoms with Crippen LogP contribution in [0.2, 0.25) is 0 Å². The fourth-order valence-corrected chi connectivity index (χ4v) is 4.84. The van der Waals surface area contributed by atoms with Gasteiger partial charge in [-0.15, -0.1) is 0 Å². The molecule has 0 saturated carbocycles. The van der Waals surface area contributed by atoms with Crippen molar-refractivity contribution in [2.24, 2.45) is 0 Å². The van der Waals surface area contributed by atoms with E-state index in [4.69, 9.17) is 9.52 Å². The van der Waals surface area contributed by atoms with Crippen LogP contribution in [0.4, 0.5) is 14.5 Å². The molecule has 1 unspecified atom stereocenters. The normalized spacial score (nSPS) is 16.5. The van der Waals surface area contributed by atoms with E-state index >= 15 is 4.39 Å². The van der Waals surface area contributed by atoms with Crippen LogP contribution >= 0.6 is 0 Å². The van der Waals surface area contributed by atoms with Gasteiger partial charge in [0.05, 0.1) is 33.3 Å². The van der Waals surface area contributed by atoms with Crippen LogP contribution in [-0.4, -0.2) is 36.3 Å². The number of nitrogens with one attached hydrogen (secondary N) is 1. The van der Waals surface area contributed by atoms with E-state index in [0.29, 0.717) is 28.3 Å². The Kier molecular flexibility index (Phi) is 5.36. The lowest BCUT2D eigenvalue weighted by molar-refractivity contribution is -0.133. The number of para-hydroxylation sites is 1. The highest BCUT2D eigenvalue weighted by atomic mass is 32.2. The summed E-state index contributed by atoms with van der Waals surface area (Å²) in [5.41, 5.74) is 1.19. The highest BCUT2D eigenvalue weighted by molar-refractivity contribution is 7.91. The third-order valence-electron chi connectivity index (χ3n) is 6.12. The van der Waals surface area contributed by atoms with Crippen molar-refractivity contribution in [2.45, 2.75) is 37.9 Å². The lowest BCUT2D eigenvalue weighted by Gasteiger charge is -2.38. The number of imidazole rings is 1. The van der Waals surface area contributed by atoms with Gasteiger partial charge in [0.1, 0.15) is 16.5 Å². The molecule has 1 aliphatic rings. The summed E-state index contributed by atoms with van der Waals surface area (Å²) in [5.74, 6) is -1.46. The molecule has 11 heteroatoms. The van der Waals surface area contributed by atoms with E-state index in [2.05, 4.69) is 9.97 Å². The number of pyridine rings is 2. The van der Waals surface area contributed by atoms with E-state index in [-0.39, 0.29) is 28.8 Å². The van der Waals surface area contributed by atoms with Crippen molar-refractivity contribution < 1.29 is 22.5 Å². The second kappa shape index (κ2) is 8.09. The maximum atomic E-state index is 15.0. The van der Waals surface area contributed by atoms with Crippen molar-refractivity contribution in [1.82, 2.24) is 14.4 Å². The number of anilines is 1. The van der Waals surface area contributed by atoms with Gasteiger partial charge < -0.3 is 9.14 Å². The standard InChI is InChI=1S/C25H23F2N5O3S/c1-14-20(13-32-19-7-5-6-17(26)23(19)35-25(2,3)24(32)33)31-12-16(18(27)10-21(31)30-14)15-8-9-22(29-11-15)36(4,28)34/h5-12,28H,13H2,1-4H3. The number of hydrogen-bond acceptors (Lipinski definition) is 6. The molecule has 1 amide bonds. The molecule has 0 radical (unpaired) electrons. The molecule has 3 aromatic heterocycles. The summed E-state index contributed by atoms with van der Waals surface area (Å²) < 4.78 is 56.6. The number of aryl methyl sites for hydroxylation is 1. The van der Waals surface area contributed by atoms with Gasteiger partial charge in [0.25, 0.3) is 5.91 Å². The topological polar surface area (TPSA) is 101 Å². The van der Waals surface area contributed by atoms with Crippen LogP contribution in [0.15, 0.2) is 53.8 Å². The summed E-state index contributed by atoms with van der Waals surface area (Å²) in [4.78, 5) is 23.3. The number of rotatable bonds is 4. The number of halogens is 2. The Morgan fingerprint density at radius 1 is 1.17 bits per heavy atom. The molecule has 1 N–H and O–H groups in total. The number of aromatic nitrogens is 3. The molecule has 36 heavy (non-hydrogen) atoms. The van der Waals surface area contributed by atoms with E-state index in [1.807, 2.05) is 0 Å². The molecule has 0 bridgehead atoms. The van der Waals surface area contributed by atoms with Gasteiger partial charge in [0.15, 0.2) is 17.2 Å². The van der Waals surface area contributed by atoms with E-state index in [1.54, 1.807) is 43.5 Å². The van der Waals surface area contributed by atoms with Gasteiger partial charge in [-0.2, -0.15) is 0 Å². The molecular formula is C25H23F2N5O3S. The zero-order chi connectivity index (χ0) is 26.0. The average molecular weight is 512 g/mol. The van der Waals surface area contributed by atoms with Crippen LogP contribution in [0.1, 0.15) is 25.2 Å². The minimum absolute atomic E-state index is 0.00614. The van der Waals surface area contributed by atoms with Gasteiger partial charge in [-0.25, -0.2) is 27.7 Å². The van der Waals surface area contributed by atoms with Gasteiger partial charge in [0, 0.05) is 35.8 Å². The fourth-order valence-electron chi connectivity index (χ4n) is 4.25. The number of nitrogens with zero attached hydrogens (tertiary/aromatic N) is 4. The Labute approximate surface area is 206 Å². The second-order valence-electron chi connectivity index (χ2n) is 9.23. The molecule has 4 aromatic rings. The van der Waals surface area contributed by atoms with E-state index in [9.17, 15) is 13.4 Å². The molecular weight excluding hydrogens is 488 g/mol. The smallest absolute Gasteiger partial charge is 0.271 e. The fraction of sp³-hybridized carbons (Fsp3) is 0.240.